The zero-order valence-electron chi connectivity index (χ0n) is 15.5. The molecule has 0 aromatic heterocycles. The summed E-state index contributed by atoms with van der Waals surface area (Å²) in [5, 5.41) is 15.8. The molecule has 0 aromatic rings. The first-order valence-corrected chi connectivity index (χ1v) is 8.31. The van der Waals surface area contributed by atoms with Gasteiger partial charge in [-0.25, -0.2) is 0 Å². The Labute approximate surface area is 148 Å². The van der Waals surface area contributed by atoms with Crippen molar-refractivity contribution < 1.29 is 24.3 Å². The summed E-state index contributed by atoms with van der Waals surface area (Å²) in [4.78, 5) is 46.7. The van der Waals surface area contributed by atoms with Crippen LogP contribution in [0.2, 0.25) is 0 Å². The highest BCUT2D eigenvalue weighted by Crippen LogP contribution is 2.07. The van der Waals surface area contributed by atoms with Crippen LogP contribution in [0.5, 0.6) is 0 Å². The maximum absolute atomic E-state index is 12.4. The van der Waals surface area contributed by atoms with Crippen molar-refractivity contribution in [3.8, 4) is 0 Å². The molecule has 0 aliphatic carbocycles. The molecular formula is C16H30N4O5. The molecule has 0 saturated heterocycles. The lowest BCUT2D eigenvalue weighted by atomic mass is 10.0. The predicted octanol–water partition coefficient (Wildman–Crippen LogP) is -0.794. The molecule has 0 fully saturated rings. The van der Waals surface area contributed by atoms with E-state index in [2.05, 4.69) is 16.0 Å². The average molecular weight is 358 g/mol. The van der Waals surface area contributed by atoms with Crippen molar-refractivity contribution >= 4 is 23.7 Å². The zero-order chi connectivity index (χ0) is 19.7. The van der Waals surface area contributed by atoms with Gasteiger partial charge in [-0.3, -0.25) is 19.2 Å². The summed E-state index contributed by atoms with van der Waals surface area (Å²) in [5.41, 5.74) is 5.79. The van der Waals surface area contributed by atoms with Gasteiger partial charge in [-0.2, -0.15) is 0 Å². The van der Waals surface area contributed by atoms with Crippen LogP contribution in [0.4, 0.5) is 0 Å². The molecule has 0 aliphatic heterocycles. The Kier molecular flexibility index (Phi) is 9.73. The van der Waals surface area contributed by atoms with Gasteiger partial charge in [0, 0.05) is 0 Å². The van der Waals surface area contributed by atoms with Crippen molar-refractivity contribution in [2.75, 3.05) is 6.54 Å². The molecule has 144 valence electrons. The lowest BCUT2D eigenvalue weighted by Crippen LogP contribution is -2.56. The van der Waals surface area contributed by atoms with Crippen LogP contribution in [0.25, 0.3) is 0 Å². The van der Waals surface area contributed by atoms with Gasteiger partial charge in [0.25, 0.3) is 0 Å². The number of hydrogen-bond donors (Lipinski definition) is 5. The Morgan fingerprint density at radius 2 is 1.48 bits per heavy atom. The smallest absolute Gasteiger partial charge is 0.322 e. The van der Waals surface area contributed by atoms with E-state index in [0.717, 1.165) is 0 Å². The molecule has 9 heteroatoms. The molecule has 0 heterocycles. The molecule has 3 amide bonds. The van der Waals surface area contributed by atoms with Gasteiger partial charge in [-0.05, 0) is 25.2 Å². The summed E-state index contributed by atoms with van der Waals surface area (Å²) in [6.07, 6.45) is 0.381. The predicted molar refractivity (Wildman–Crippen MR) is 92.4 cm³/mol. The fourth-order valence-corrected chi connectivity index (χ4v) is 1.97. The Balaban J connectivity index is 4.85. The highest BCUT2D eigenvalue weighted by molar-refractivity contribution is 5.93. The first kappa shape index (κ1) is 22.8. The van der Waals surface area contributed by atoms with Crippen LogP contribution in [0.15, 0.2) is 0 Å². The molecule has 0 aromatic carbocycles. The molecule has 6 N–H and O–H groups in total. The van der Waals surface area contributed by atoms with E-state index in [4.69, 9.17) is 10.8 Å². The lowest BCUT2D eigenvalue weighted by Gasteiger charge is -2.24. The van der Waals surface area contributed by atoms with E-state index < -0.39 is 48.4 Å². The number of nitrogens with one attached hydrogen (secondary N) is 3. The average Bonchev–Trinajstić information content (AvgIpc) is 2.49. The van der Waals surface area contributed by atoms with Gasteiger partial charge in [0.05, 0.1) is 6.04 Å². The van der Waals surface area contributed by atoms with E-state index in [1.165, 1.54) is 6.92 Å². The normalized spacial score (nSPS) is 14.6. The topological polar surface area (TPSA) is 151 Å². The molecule has 0 radical (unpaired) electrons. The number of carboxylic acid groups (broad SMARTS) is 1. The summed E-state index contributed by atoms with van der Waals surface area (Å²) < 4.78 is 0. The number of rotatable bonds is 10. The number of carboxylic acids is 1. The molecule has 0 unspecified atom stereocenters. The summed E-state index contributed by atoms with van der Waals surface area (Å²) >= 11 is 0. The summed E-state index contributed by atoms with van der Waals surface area (Å²) in [6, 6.07) is -2.50. The van der Waals surface area contributed by atoms with E-state index in [1.54, 1.807) is 13.8 Å². The van der Waals surface area contributed by atoms with Crippen LogP contribution in [0, 0.1) is 11.8 Å². The van der Waals surface area contributed by atoms with Crippen LogP contribution < -0.4 is 21.7 Å². The number of amides is 3. The molecule has 0 saturated carbocycles. The minimum Gasteiger partial charge on any atom is -0.480 e. The molecule has 25 heavy (non-hydrogen) atoms. The van der Waals surface area contributed by atoms with Crippen molar-refractivity contribution in [3.63, 3.8) is 0 Å². The highest BCUT2D eigenvalue weighted by atomic mass is 16.4. The third-order valence-corrected chi connectivity index (χ3v) is 3.53. The van der Waals surface area contributed by atoms with Crippen LogP contribution in [-0.4, -0.2) is 53.5 Å². The SMILES string of the molecule is CC(C)C[C@H](NC(=O)[C@@H](N)C(C)C)C(=O)N[C@@H](C)C(=O)NCC(=O)O. The third-order valence-electron chi connectivity index (χ3n) is 3.53. The van der Waals surface area contributed by atoms with E-state index in [1.807, 2.05) is 13.8 Å². The largest absolute Gasteiger partial charge is 0.480 e. The van der Waals surface area contributed by atoms with Crippen LogP contribution in [-0.2, 0) is 19.2 Å². The second-order valence-electron chi connectivity index (χ2n) is 6.80. The standard InChI is InChI=1S/C16H30N4O5/c1-8(2)6-11(20-16(25)13(17)9(3)4)15(24)19-10(5)14(23)18-7-12(21)22/h8-11,13H,6-7,17H2,1-5H3,(H,18,23)(H,19,24)(H,20,25)(H,21,22)/t10-,11-,13-/m0/s1. The van der Waals surface area contributed by atoms with Gasteiger partial charge in [-0.1, -0.05) is 27.7 Å². The zero-order valence-corrected chi connectivity index (χ0v) is 15.5. The summed E-state index contributed by atoms with van der Waals surface area (Å²) in [5.74, 6) is -2.70. The molecule has 9 nitrogen and oxygen atoms in total. The number of hydrogen-bond acceptors (Lipinski definition) is 5. The van der Waals surface area contributed by atoms with Gasteiger partial charge in [0.15, 0.2) is 0 Å². The van der Waals surface area contributed by atoms with Crippen molar-refractivity contribution in [1.82, 2.24) is 16.0 Å². The maximum atomic E-state index is 12.4. The quantitative estimate of drug-likeness (QED) is 0.345. The third kappa shape index (κ3) is 9.04. The number of aliphatic carboxylic acids is 1. The van der Waals surface area contributed by atoms with E-state index >= 15 is 0 Å². The van der Waals surface area contributed by atoms with E-state index in [-0.39, 0.29) is 11.8 Å². The molecular weight excluding hydrogens is 328 g/mol. The van der Waals surface area contributed by atoms with Crippen LogP contribution in [0.1, 0.15) is 41.0 Å². The van der Waals surface area contributed by atoms with E-state index in [9.17, 15) is 19.2 Å². The highest BCUT2D eigenvalue weighted by Gasteiger charge is 2.27. The van der Waals surface area contributed by atoms with Gasteiger partial charge in [0.1, 0.15) is 18.6 Å². The Hall–Kier alpha value is -2.16. The van der Waals surface area contributed by atoms with Crippen LogP contribution in [0.3, 0.4) is 0 Å². The van der Waals surface area contributed by atoms with E-state index in [0.29, 0.717) is 6.42 Å². The molecule has 0 spiro atoms. The number of nitrogens with two attached hydrogens (primary N) is 1. The van der Waals surface area contributed by atoms with Crippen molar-refractivity contribution in [2.24, 2.45) is 17.6 Å². The Bertz CT molecular complexity index is 493. The first-order valence-electron chi connectivity index (χ1n) is 8.31. The van der Waals surface area contributed by atoms with Gasteiger partial charge < -0.3 is 26.8 Å². The summed E-state index contributed by atoms with van der Waals surface area (Å²) in [7, 11) is 0. The molecule has 0 bridgehead atoms. The first-order chi connectivity index (χ1) is 11.5. The van der Waals surface area contributed by atoms with Crippen molar-refractivity contribution in [3.05, 3.63) is 0 Å². The maximum Gasteiger partial charge on any atom is 0.322 e. The fraction of sp³-hybridized carbons (Fsp3) is 0.750. The molecule has 0 rings (SSSR count). The fourth-order valence-electron chi connectivity index (χ4n) is 1.97. The van der Waals surface area contributed by atoms with Crippen molar-refractivity contribution in [2.45, 2.75) is 59.2 Å². The van der Waals surface area contributed by atoms with Crippen molar-refractivity contribution in [1.29, 1.82) is 0 Å². The van der Waals surface area contributed by atoms with Crippen LogP contribution >= 0.6 is 0 Å². The number of carbonyl (C=O) groups excluding carboxylic acids is 3. The second kappa shape index (κ2) is 10.7. The lowest BCUT2D eigenvalue weighted by molar-refractivity contribution is -0.138. The van der Waals surface area contributed by atoms with Gasteiger partial charge in [0.2, 0.25) is 17.7 Å². The molecule has 3 atom stereocenters. The van der Waals surface area contributed by atoms with Gasteiger partial charge >= 0.3 is 5.97 Å². The number of carbonyl (C=O) groups is 4. The minimum atomic E-state index is -1.18. The van der Waals surface area contributed by atoms with Gasteiger partial charge in [-0.15, -0.1) is 0 Å². The molecule has 0 aliphatic rings. The Morgan fingerprint density at radius 3 is 1.92 bits per heavy atom. The monoisotopic (exact) mass is 358 g/mol. The second-order valence-corrected chi connectivity index (χ2v) is 6.80. The minimum absolute atomic E-state index is 0.0801. The Morgan fingerprint density at radius 1 is 0.920 bits per heavy atom. The summed E-state index contributed by atoms with van der Waals surface area (Å²) in [6.45, 7) is 8.31.